The normalized spacial score (nSPS) is 24.6. The topological polar surface area (TPSA) is 64.6 Å². The molecule has 4 atom stereocenters. The lowest BCUT2D eigenvalue weighted by Gasteiger charge is -2.20. The zero-order valence-corrected chi connectivity index (χ0v) is 18.2. The first kappa shape index (κ1) is 20.5. The summed E-state index contributed by atoms with van der Waals surface area (Å²) in [4.78, 5) is 0. The Morgan fingerprint density at radius 3 is 1.77 bits per heavy atom. The van der Waals surface area contributed by atoms with Gasteiger partial charge in [-0.1, -0.05) is 13.8 Å². The molecule has 0 spiro atoms. The fourth-order valence-corrected chi connectivity index (χ4v) is 4.30. The third-order valence-electron chi connectivity index (χ3n) is 6.10. The van der Waals surface area contributed by atoms with Gasteiger partial charge in [-0.25, -0.2) is 0 Å². The van der Waals surface area contributed by atoms with Crippen LogP contribution in [0.2, 0.25) is 0 Å². The molecule has 4 rings (SSSR count). The van der Waals surface area contributed by atoms with E-state index in [1.807, 2.05) is 24.3 Å². The minimum Gasteiger partial charge on any atom is -0.493 e. The Kier molecular flexibility index (Phi) is 5.56. The highest BCUT2D eigenvalue weighted by molar-refractivity contribution is 5.56. The summed E-state index contributed by atoms with van der Waals surface area (Å²) < 4.78 is 39.7. The molecule has 0 N–H and O–H groups in total. The van der Waals surface area contributed by atoms with Gasteiger partial charge in [0.2, 0.25) is 18.3 Å². The van der Waals surface area contributed by atoms with Crippen molar-refractivity contribution in [2.75, 3.05) is 35.2 Å². The van der Waals surface area contributed by atoms with Gasteiger partial charge < -0.3 is 33.2 Å². The summed E-state index contributed by atoms with van der Waals surface area (Å²) >= 11 is 0. The van der Waals surface area contributed by atoms with Crippen LogP contribution >= 0.6 is 0 Å². The van der Waals surface area contributed by atoms with Gasteiger partial charge in [0, 0.05) is 0 Å². The fourth-order valence-electron chi connectivity index (χ4n) is 4.30. The molecule has 2 aromatic rings. The molecule has 2 aromatic carbocycles. The molecule has 0 aromatic heterocycles. The van der Waals surface area contributed by atoms with Gasteiger partial charge in [-0.3, -0.25) is 0 Å². The second-order valence-corrected chi connectivity index (χ2v) is 7.61. The van der Waals surface area contributed by atoms with Crippen LogP contribution < -0.4 is 28.4 Å². The summed E-state index contributed by atoms with van der Waals surface area (Å²) in [5.74, 6) is 4.30. The van der Waals surface area contributed by atoms with Gasteiger partial charge in [0.15, 0.2) is 23.0 Å². The largest absolute Gasteiger partial charge is 0.493 e. The lowest BCUT2D eigenvalue weighted by Crippen LogP contribution is -2.10. The van der Waals surface area contributed by atoms with Gasteiger partial charge in [-0.15, -0.1) is 0 Å². The first-order valence-electron chi connectivity index (χ1n) is 9.95. The van der Waals surface area contributed by atoms with Crippen LogP contribution in [0.3, 0.4) is 0 Å². The average Bonchev–Trinajstić information content (AvgIpc) is 3.36. The molecule has 2 aliphatic heterocycles. The average molecular weight is 416 g/mol. The Hall–Kier alpha value is -2.80. The fraction of sp³-hybridized carbons (Fsp3) is 0.478. The number of benzene rings is 2. The predicted molar refractivity (Wildman–Crippen MR) is 110 cm³/mol. The summed E-state index contributed by atoms with van der Waals surface area (Å²) in [6, 6.07) is 7.87. The maximum Gasteiger partial charge on any atom is 0.231 e. The number of hydrogen-bond acceptors (Lipinski definition) is 7. The van der Waals surface area contributed by atoms with Crippen LogP contribution in [0.15, 0.2) is 24.3 Å². The predicted octanol–water partition coefficient (Wildman–Crippen LogP) is 4.53. The van der Waals surface area contributed by atoms with Crippen molar-refractivity contribution in [1.29, 1.82) is 0 Å². The van der Waals surface area contributed by atoms with Crippen molar-refractivity contribution in [1.82, 2.24) is 0 Å². The molecular formula is C23H28O7. The maximum atomic E-state index is 6.59. The van der Waals surface area contributed by atoms with Gasteiger partial charge >= 0.3 is 0 Å². The molecule has 1 saturated heterocycles. The number of hydrogen-bond donors (Lipinski definition) is 0. The van der Waals surface area contributed by atoms with Crippen LogP contribution in [0.25, 0.3) is 0 Å². The lowest BCUT2D eigenvalue weighted by molar-refractivity contribution is 0.0286. The van der Waals surface area contributed by atoms with Crippen LogP contribution in [-0.4, -0.2) is 35.2 Å². The smallest absolute Gasteiger partial charge is 0.231 e. The van der Waals surface area contributed by atoms with E-state index in [1.54, 1.807) is 28.4 Å². The Morgan fingerprint density at radius 2 is 1.23 bits per heavy atom. The monoisotopic (exact) mass is 416 g/mol. The van der Waals surface area contributed by atoms with Gasteiger partial charge in [-0.2, -0.15) is 0 Å². The molecule has 0 bridgehead atoms. The van der Waals surface area contributed by atoms with Crippen LogP contribution in [0.1, 0.15) is 37.2 Å². The van der Waals surface area contributed by atoms with E-state index in [4.69, 9.17) is 33.2 Å². The molecule has 30 heavy (non-hydrogen) atoms. The van der Waals surface area contributed by atoms with Crippen LogP contribution in [0, 0.1) is 11.8 Å². The Bertz CT molecular complexity index is 901. The standard InChI is InChI=1S/C23H28O7/c1-12-13(2)21(15-9-18(26-5)23-19(10-15)28-11-29-23)30-20(12)14-7-16(24-3)22(27-6)17(8-14)25-4/h7-10,12-13,20-21H,11H2,1-6H3/t12-,13+,20+,21+/m1/s1. The molecule has 0 amide bonds. The highest BCUT2D eigenvalue weighted by atomic mass is 16.7. The van der Waals surface area contributed by atoms with E-state index in [0.717, 1.165) is 11.1 Å². The van der Waals surface area contributed by atoms with Gasteiger partial charge in [0.1, 0.15) is 0 Å². The molecule has 0 aliphatic carbocycles. The summed E-state index contributed by atoms with van der Waals surface area (Å²) in [6.45, 7) is 4.59. The van der Waals surface area contributed by atoms with E-state index in [2.05, 4.69) is 13.8 Å². The first-order valence-corrected chi connectivity index (χ1v) is 9.95. The Labute approximate surface area is 176 Å². The minimum absolute atomic E-state index is 0.118. The van der Waals surface area contributed by atoms with E-state index in [-0.39, 0.29) is 30.8 Å². The Balaban J connectivity index is 1.69. The van der Waals surface area contributed by atoms with Crippen molar-refractivity contribution in [3.05, 3.63) is 35.4 Å². The maximum absolute atomic E-state index is 6.59. The van der Waals surface area contributed by atoms with Crippen molar-refractivity contribution < 1.29 is 33.2 Å². The van der Waals surface area contributed by atoms with E-state index in [0.29, 0.717) is 34.5 Å². The van der Waals surface area contributed by atoms with Crippen LogP contribution in [0.5, 0.6) is 34.5 Å². The zero-order valence-electron chi connectivity index (χ0n) is 18.2. The highest BCUT2D eigenvalue weighted by Crippen LogP contribution is 2.53. The molecular weight excluding hydrogens is 388 g/mol. The number of ether oxygens (including phenoxy) is 7. The van der Waals surface area contributed by atoms with E-state index >= 15 is 0 Å². The molecule has 2 aliphatic rings. The summed E-state index contributed by atoms with van der Waals surface area (Å²) in [7, 11) is 6.45. The van der Waals surface area contributed by atoms with Crippen molar-refractivity contribution in [3.8, 4) is 34.5 Å². The molecule has 7 nitrogen and oxygen atoms in total. The molecule has 0 saturated carbocycles. The van der Waals surface area contributed by atoms with Gasteiger partial charge in [0.25, 0.3) is 0 Å². The molecule has 0 unspecified atom stereocenters. The lowest BCUT2D eigenvalue weighted by atomic mass is 9.85. The number of methoxy groups -OCH3 is 4. The number of fused-ring (bicyclic) bond motifs is 1. The van der Waals surface area contributed by atoms with E-state index < -0.39 is 0 Å². The number of rotatable bonds is 6. The summed E-state index contributed by atoms with van der Waals surface area (Å²) in [6.07, 6.45) is -0.248. The van der Waals surface area contributed by atoms with Crippen molar-refractivity contribution in [2.24, 2.45) is 11.8 Å². The SMILES string of the molecule is COc1cc([C@H]2O[C@H](c3cc(OC)c4c(c3)OCO4)[C@@H](C)[C@H]2C)cc(OC)c1OC. The second-order valence-electron chi connectivity index (χ2n) is 7.61. The molecule has 1 fully saturated rings. The first-order chi connectivity index (χ1) is 14.5. The van der Waals surface area contributed by atoms with Crippen molar-refractivity contribution >= 4 is 0 Å². The van der Waals surface area contributed by atoms with Gasteiger partial charge in [0.05, 0.1) is 40.6 Å². The third kappa shape index (κ3) is 3.27. The summed E-state index contributed by atoms with van der Waals surface area (Å²) in [5.41, 5.74) is 1.99. The van der Waals surface area contributed by atoms with Crippen molar-refractivity contribution in [2.45, 2.75) is 26.1 Å². The minimum atomic E-state index is -0.130. The Morgan fingerprint density at radius 1 is 0.700 bits per heavy atom. The molecule has 2 heterocycles. The highest BCUT2D eigenvalue weighted by Gasteiger charge is 2.42. The molecule has 0 radical (unpaired) electrons. The molecule has 162 valence electrons. The van der Waals surface area contributed by atoms with E-state index in [1.165, 1.54) is 0 Å². The zero-order chi connectivity index (χ0) is 21.4. The van der Waals surface area contributed by atoms with E-state index in [9.17, 15) is 0 Å². The summed E-state index contributed by atoms with van der Waals surface area (Å²) in [5, 5.41) is 0. The quantitative estimate of drug-likeness (QED) is 0.685. The van der Waals surface area contributed by atoms with Crippen molar-refractivity contribution in [3.63, 3.8) is 0 Å². The van der Waals surface area contributed by atoms with Crippen LogP contribution in [0.4, 0.5) is 0 Å². The molecule has 7 heteroatoms. The van der Waals surface area contributed by atoms with Crippen LogP contribution in [-0.2, 0) is 4.74 Å². The second kappa shape index (κ2) is 8.14. The van der Waals surface area contributed by atoms with Gasteiger partial charge in [-0.05, 0) is 47.2 Å². The third-order valence-corrected chi connectivity index (χ3v) is 6.10.